The van der Waals surface area contributed by atoms with Crippen molar-refractivity contribution in [2.24, 2.45) is 5.73 Å². The van der Waals surface area contributed by atoms with Crippen LogP contribution in [0.25, 0.3) is 0 Å². The average Bonchev–Trinajstić information content (AvgIpc) is 2.00. The van der Waals surface area contributed by atoms with Gasteiger partial charge in [0.1, 0.15) is 0 Å². The van der Waals surface area contributed by atoms with Crippen LogP contribution in [0.4, 0.5) is 0 Å². The van der Waals surface area contributed by atoms with Crippen LogP contribution in [-0.4, -0.2) is 30.8 Å². The molecule has 0 spiro atoms. The number of hydrogen-bond donors (Lipinski definition) is 2. The molecular formula is C7H17NO3S. The van der Waals surface area contributed by atoms with Gasteiger partial charge in [-0.3, -0.25) is 0 Å². The number of aliphatic hydroxyl groups excluding tert-OH is 1. The average molecular weight is 195 g/mol. The molecule has 74 valence electrons. The maximum atomic E-state index is 11.0. The molecule has 3 N–H and O–H groups in total. The van der Waals surface area contributed by atoms with Gasteiger partial charge in [-0.15, -0.1) is 0 Å². The molecule has 0 rings (SSSR count). The lowest BCUT2D eigenvalue weighted by Crippen LogP contribution is -2.27. The van der Waals surface area contributed by atoms with E-state index < -0.39 is 15.3 Å². The number of sulfone groups is 1. The van der Waals surface area contributed by atoms with Gasteiger partial charge in [0.25, 0.3) is 0 Å². The summed E-state index contributed by atoms with van der Waals surface area (Å²) in [5.74, 6) is -0.0281. The van der Waals surface area contributed by atoms with Gasteiger partial charge in [-0.1, -0.05) is 6.92 Å². The van der Waals surface area contributed by atoms with Crippen molar-refractivity contribution in [1.82, 2.24) is 0 Å². The monoisotopic (exact) mass is 195 g/mol. The molecule has 2 atom stereocenters. The summed E-state index contributed by atoms with van der Waals surface area (Å²) in [4.78, 5) is 0. The van der Waals surface area contributed by atoms with Crippen LogP contribution in [0.5, 0.6) is 0 Å². The third-order valence-corrected chi connectivity index (χ3v) is 3.66. The van der Waals surface area contributed by atoms with Crippen molar-refractivity contribution in [3.8, 4) is 0 Å². The molecule has 5 heteroatoms. The van der Waals surface area contributed by atoms with E-state index in [-0.39, 0.29) is 11.8 Å². The second-order valence-electron chi connectivity index (χ2n) is 2.92. The minimum absolute atomic E-state index is 0.0281. The van der Waals surface area contributed by atoms with E-state index in [0.29, 0.717) is 6.42 Å². The molecule has 0 bridgehead atoms. The largest absolute Gasteiger partial charge is 0.377 e. The summed E-state index contributed by atoms with van der Waals surface area (Å²) in [5, 5.41) is 8.84. The molecule has 12 heavy (non-hydrogen) atoms. The summed E-state index contributed by atoms with van der Waals surface area (Å²) in [6.07, 6.45) is 1.18. The normalized spacial score (nSPS) is 17.3. The Kier molecular flexibility index (Phi) is 4.74. The SMILES string of the molecule is CCC(N)CCS(=O)(=O)C(C)O. The van der Waals surface area contributed by atoms with Crippen LogP contribution in [0.15, 0.2) is 0 Å². The van der Waals surface area contributed by atoms with E-state index in [9.17, 15) is 8.42 Å². The third kappa shape index (κ3) is 4.04. The zero-order chi connectivity index (χ0) is 9.78. The predicted molar refractivity (Wildman–Crippen MR) is 48.4 cm³/mol. The van der Waals surface area contributed by atoms with Gasteiger partial charge in [0, 0.05) is 6.04 Å². The standard InChI is InChI=1S/C7H17NO3S/c1-3-7(8)4-5-12(10,11)6(2)9/h6-7,9H,3-5,8H2,1-2H3. The van der Waals surface area contributed by atoms with Crippen molar-refractivity contribution in [3.63, 3.8) is 0 Å². The van der Waals surface area contributed by atoms with Crippen LogP contribution in [0.3, 0.4) is 0 Å². The highest BCUT2D eigenvalue weighted by molar-refractivity contribution is 7.91. The summed E-state index contributed by atoms with van der Waals surface area (Å²) in [5.41, 5.74) is 4.26. The lowest BCUT2D eigenvalue weighted by molar-refractivity contribution is 0.268. The van der Waals surface area contributed by atoms with Crippen LogP contribution < -0.4 is 5.73 Å². The molecule has 0 saturated heterocycles. The van der Waals surface area contributed by atoms with E-state index in [4.69, 9.17) is 10.8 Å². The second kappa shape index (κ2) is 4.79. The van der Waals surface area contributed by atoms with Crippen LogP contribution in [-0.2, 0) is 9.84 Å². The Hall–Kier alpha value is -0.130. The quantitative estimate of drug-likeness (QED) is 0.640. The third-order valence-electron chi connectivity index (χ3n) is 1.82. The highest BCUT2D eigenvalue weighted by atomic mass is 32.2. The van der Waals surface area contributed by atoms with Gasteiger partial charge in [-0.25, -0.2) is 8.42 Å². The minimum Gasteiger partial charge on any atom is -0.377 e. The zero-order valence-corrected chi connectivity index (χ0v) is 8.34. The summed E-state index contributed by atoms with van der Waals surface area (Å²) in [6, 6.07) is -0.0847. The van der Waals surface area contributed by atoms with E-state index in [2.05, 4.69) is 0 Å². The minimum atomic E-state index is -3.33. The summed E-state index contributed by atoms with van der Waals surface area (Å²) < 4.78 is 22.1. The maximum Gasteiger partial charge on any atom is 0.176 e. The lowest BCUT2D eigenvalue weighted by atomic mass is 10.2. The first-order valence-electron chi connectivity index (χ1n) is 4.05. The van der Waals surface area contributed by atoms with Crippen LogP contribution in [0.1, 0.15) is 26.7 Å². The molecule has 0 aromatic rings. The Bertz CT molecular complexity index is 211. The van der Waals surface area contributed by atoms with Crippen LogP contribution >= 0.6 is 0 Å². The first-order valence-corrected chi connectivity index (χ1v) is 5.77. The fourth-order valence-corrected chi connectivity index (χ4v) is 1.66. The van der Waals surface area contributed by atoms with Crippen molar-refractivity contribution >= 4 is 9.84 Å². The van der Waals surface area contributed by atoms with Gasteiger partial charge in [-0.2, -0.15) is 0 Å². The smallest absolute Gasteiger partial charge is 0.176 e. The molecule has 0 fully saturated rings. The van der Waals surface area contributed by atoms with Gasteiger partial charge < -0.3 is 10.8 Å². The Balaban J connectivity index is 3.94. The Morgan fingerprint density at radius 1 is 1.50 bits per heavy atom. The van der Waals surface area contributed by atoms with E-state index in [0.717, 1.165) is 6.42 Å². The van der Waals surface area contributed by atoms with Crippen LogP contribution in [0, 0.1) is 0 Å². The second-order valence-corrected chi connectivity index (χ2v) is 5.34. The first kappa shape index (κ1) is 11.9. The van der Waals surface area contributed by atoms with Gasteiger partial charge in [-0.05, 0) is 19.8 Å². The molecule has 4 nitrogen and oxygen atoms in total. The zero-order valence-electron chi connectivity index (χ0n) is 7.53. The first-order chi connectivity index (χ1) is 5.40. The van der Waals surface area contributed by atoms with Gasteiger partial charge in [0.05, 0.1) is 5.75 Å². The van der Waals surface area contributed by atoms with E-state index >= 15 is 0 Å². The molecule has 0 heterocycles. The topological polar surface area (TPSA) is 80.4 Å². The van der Waals surface area contributed by atoms with Crippen molar-refractivity contribution in [2.75, 3.05) is 5.75 Å². The predicted octanol–water partition coefficient (Wildman–Crippen LogP) is -0.133. The van der Waals surface area contributed by atoms with Gasteiger partial charge in [0.2, 0.25) is 0 Å². The summed E-state index contributed by atoms with van der Waals surface area (Å²) in [6.45, 7) is 3.16. The molecule has 2 unspecified atom stereocenters. The lowest BCUT2D eigenvalue weighted by Gasteiger charge is -2.10. The Labute approximate surface area is 73.7 Å². The van der Waals surface area contributed by atoms with Gasteiger partial charge in [0.15, 0.2) is 15.3 Å². The van der Waals surface area contributed by atoms with Crippen molar-refractivity contribution < 1.29 is 13.5 Å². The summed E-state index contributed by atoms with van der Waals surface area (Å²) >= 11 is 0. The highest BCUT2D eigenvalue weighted by Crippen LogP contribution is 2.03. The van der Waals surface area contributed by atoms with Crippen molar-refractivity contribution in [3.05, 3.63) is 0 Å². The van der Waals surface area contributed by atoms with E-state index in [1.165, 1.54) is 6.92 Å². The molecule has 0 aromatic heterocycles. The molecule has 0 aliphatic rings. The number of aliphatic hydroxyl groups is 1. The molecule has 0 aliphatic heterocycles. The fraction of sp³-hybridized carbons (Fsp3) is 1.00. The highest BCUT2D eigenvalue weighted by Gasteiger charge is 2.18. The Morgan fingerprint density at radius 3 is 2.33 bits per heavy atom. The van der Waals surface area contributed by atoms with Gasteiger partial charge >= 0.3 is 0 Å². The summed E-state index contributed by atoms with van der Waals surface area (Å²) in [7, 11) is -3.33. The van der Waals surface area contributed by atoms with E-state index in [1.807, 2.05) is 6.92 Å². The maximum absolute atomic E-state index is 11.0. The molecule has 0 radical (unpaired) electrons. The van der Waals surface area contributed by atoms with Crippen LogP contribution in [0.2, 0.25) is 0 Å². The Morgan fingerprint density at radius 2 is 2.00 bits per heavy atom. The molecule has 0 saturated carbocycles. The number of rotatable bonds is 5. The molecule has 0 aliphatic carbocycles. The number of hydrogen-bond acceptors (Lipinski definition) is 4. The molecule has 0 amide bonds. The van der Waals surface area contributed by atoms with Crippen molar-refractivity contribution in [1.29, 1.82) is 0 Å². The number of nitrogens with two attached hydrogens (primary N) is 1. The fourth-order valence-electron chi connectivity index (χ4n) is 0.690. The van der Waals surface area contributed by atoms with E-state index in [1.54, 1.807) is 0 Å². The van der Waals surface area contributed by atoms with Crippen molar-refractivity contribution in [2.45, 2.75) is 38.2 Å². The molecular weight excluding hydrogens is 178 g/mol. The molecule has 0 aromatic carbocycles.